The molecule has 0 heterocycles. The number of unbranched alkanes of at least 4 members (excludes halogenated alkanes) is 4. The van der Waals surface area contributed by atoms with Gasteiger partial charge in [0.25, 0.3) is 0 Å². The Morgan fingerprint density at radius 3 is 1.69 bits per heavy atom. The first-order valence-electron chi connectivity index (χ1n) is 13.2. The van der Waals surface area contributed by atoms with Crippen LogP contribution in [0.5, 0.6) is 0 Å². The van der Waals surface area contributed by atoms with Gasteiger partial charge in [0.05, 0.1) is 0 Å². The summed E-state index contributed by atoms with van der Waals surface area (Å²) in [6.07, 6.45) is 8.88. The molecule has 0 saturated carbocycles. The molecule has 3 amide bonds. The number of carbonyl (C=O) groups is 4. The van der Waals surface area contributed by atoms with E-state index in [0.717, 1.165) is 38.5 Å². The Kier molecular flexibility index (Phi) is 17.5. The van der Waals surface area contributed by atoms with Gasteiger partial charge in [0.15, 0.2) is 0 Å². The lowest BCUT2D eigenvalue weighted by atomic mass is 10.1. The van der Waals surface area contributed by atoms with E-state index in [-0.39, 0.29) is 17.7 Å². The molecule has 36 heavy (non-hydrogen) atoms. The minimum absolute atomic E-state index is 0.0176. The number of hydrogen-bond donors (Lipinski definition) is 5. The molecular weight excluding hydrogens is 460 g/mol. The summed E-state index contributed by atoms with van der Waals surface area (Å²) in [6.45, 7) is 1.71. The molecule has 6 N–H and O–H groups in total. The number of carboxylic acid groups (broad SMARTS) is 1. The summed E-state index contributed by atoms with van der Waals surface area (Å²) in [5.41, 5.74) is 6.68. The first-order valence-corrected chi connectivity index (χ1v) is 13.2. The first kappa shape index (κ1) is 31.1. The number of carbonyl (C=O) groups excluding carboxylic acids is 3. The van der Waals surface area contributed by atoms with Gasteiger partial charge in [-0.05, 0) is 63.4 Å². The summed E-state index contributed by atoms with van der Waals surface area (Å²) in [4.78, 5) is 46.2. The monoisotopic (exact) mass is 504 g/mol. The maximum Gasteiger partial charge on any atom is 0.320 e. The molecule has 1 atom stereocenters. The molecule has 0 spiro atoms. The average molecular weight is 505 g/mol. The second-order valence-electron chi connectivity index (χ2n) is 9.10. The van der Waals surface area contributed by atoms with Gasteiger partial charge in [-0.1, -0.05) is 36.8 Å². The standard InChI is InChI=1S/C27H44N4O5/c28-23(27(35)36)15-6-9-20-30-25(33)17-7-10-21-31-24(32)16-5-2-8-19-29-26(34)18-11-14-22-12-3-1-4-13-22/h1,3-4,12-13,23H,2,5-11,14-21,28H2,(H,29,34)(H,30,33)(H,31,32)(H,35,36)/t23-/m0/s1. The lowest BCUT2D eigenvalue weighted by molar-refractivity contribution is -0.138. The van der Waals surface area contributed by atoms with Crippen molar-refractivity contribution in [3.8, 4) is 0 Å². The number of carboxylic acids is 1. The van der Waals surface area contributed by atoms with E-state index in [4.69, 9.17) is 10.8 Å². The minimum atomic E-state index is -1.00. The highest BCUT2D eigenvalue weighted by Gasteiger charge is 2.10. The van der Waals surface area contributed by atoms with Crippen LogP contribution in [0.3, 0.4) is 0 Å². The average Bonchev–Trinajstić information content (AvgIpc) is 2.86. The van der Waals surface area contributed by atoms with Crippen LogP contribution in [-0.2, 0) is 25.6 Å². The number of benzene rings is 1. The highest BCUT2D eigenvalue weighted by molar-refractivity contribution is 5.76. The van der Waals surface area contributed by atoms with Gasteiger partial charge >= 0.3 is 5.97 Å². The van der Waals surface area contributed by atoms with Crippen LogP contribution in [0.2, 0.25) is 0 Å². The topological polar surface area (TPSA) is 151 Å². The van der Waals surface area contributed by atoms with Gasteiger partial charge in [0.2, 0.25) is 17.7 Å². The van der Waals surface area contributed by atoms with Crippen molar-refractivity contribution in [1.29, 1.82) is 0 Å². The van der Waals surface area contributed by atoms with Gasteiger partial charge in [0, 0.05) is 38.9 Å². The SMILES string of the molecule is N[C@@H](CCCCNC(=O)CCCCNC(=O)CCCCCNC(=O)CCCc1ccccc1)C(=O)O. The Morgan fingerprint density at radius 2 is 1.14 bits per heavy atom. The number of nitrogens with one attached hydrogen (secondary N) is 3. The maximum absolute atomic E-state index is 11.9. The van der Waals surface area contributed by atoms with Crippen molar-refractivity contribution >= 4 is 23.7 Å². The van der Waals surface area contributed by atoms with E-state index in [1.54, 1.807) is 0 Å². The van der Waals surface area contributed by atoms with Crippen molar-refractivity contribution in [2.24, 2.45) is 5.73 Å². The molecule has 0 aliphatic carbocycles. The van der Waals surface area contributed by atoms with E-state index < -0.39 is 12.0 Å². The van der Waals surface area contributed by atoms with Gasteiger partial charge in [-0.15, -0.1) is 0 Å². The van der Waals surface area contributed by atoms with Crippen LogP contribution in [0.1, 0.15) is 82.6 Å². The first-order chi connectivity index (χ1) is 17.4. The Morgan fingerprint density at radius 1 is 0.667 bits per heavy atom. The van der Waals surface area contributed by atoms with E-state index >= 15 is 0 Å². The van der Waals surface area contributed by atoms with Crippen molar-refractivity contribution in [3.05, 3.63) is 35.9 Å². The Balaban J connectivity index is 1.87. The van der Waals surface area contributed by atoms with Gasteiger partial charge in [-0.3, -0.25) is 19.2 Å². The predicted molar refractivity (Wildman–Crippen MR) is 140 cm³/mol. The number of aryl methyl sites for hydroxylation is 1. The fraction of sp³-hybridized carbons (Fsp3) is 0.630. The van der Waals surface area contributed by atoms with Gasteiger partial charge < -0.3 is 26.8 Å². The summed E-state index contributed by atoms with van der Waals surface area (Å²) in [5, 5.41) is 17.3. The molecule has 0 fully saturated rings. The number of rotatable bonds is 21. The quantitative estimate of drug-likeness (QED) is 0.162. The molecule has 0 saturated heterocycles. The molecule has 0 bridgehead atoms. The molecule has 0 aromatic heterocycles. The molecular formula is C27H44N4O5. The molecule has 0 aliphatic rings. The Labute approximate surface area is 215 Å². The van der Waals surface area contributed by atoms with Crippen LogP contribution in [0, 0.1) is 0 Å². The van der Waals surface area contributed by atoms with Crippen LogP contribution < -0.4 is 21.7 Å². The molecule has 0 radical (unpaired) electrons. The van der Waals surface area contributed by atoms with Crippen molar-refractivity contribution < 1.29 is 24.3 Å². The predicted octanol–water partition coefficient (Wildman–Crippen LogP) is 2.67. The van der Waals surface area contributed by atoms with Crippen LogP contribution in [0.25, 0.3) is 0 Å². The fourth-order valence-corrected chi connectivity index (χ4v) is 3.66. The number of amides is 3. The van der Waals surface area contributed by atoms with E-state index in [2.05, 4.69) is 28.1 Å². The van der Waals surface area contributed by atoms with E-state index in [9.17, 15) is 19.2 Å². The summed E-state index contributed by atoms with van der Waals surface area (Å²) in [7, 11) is 0. The third-order valence-electron chi connectivity index (χ3n) is 5.85. The van der Waals surface area contributed by atoms with Crippen LogP contribution in [0.15, 0.2) is 30.3 Å². The van der Waals surface area contributed by atoms with Crippen molar-refractivity contribution in [2.45, 2.75) is 89.5 Å². The van der Waals surface area contributed by atoms with E-state index in [0.29, 0.717) is 64.6 Å². The summed E-state index contributed by atoms with van der Waals surface area (Å²) >= 11 is 0. The maximum atomic E-state index is 11.9. The number of nitrogens with two attached hydrogens (primary N) is 1. The van der Waals surface area contributed by atoms with Crippen molar-refractivity contribution in [3.63, 3.8) is 0 Å². The van der Waals surface area contributed by atoms with Gasteiger partial charge in [-0.2, -0.15) is 0 Å². The zero-order valence-corrected chi connectivity index (χ0v) is 21.4. The number of aliphatic carboxylic acids is 1. The molecule has 1 aromatic rings. The highest BCUT2D eigenvalue weighted by atomic mass is 16.4. The minimum Gasteiger partial charge on any atom is -0.480 e. The Hall–Kier alpha value is -2.94. The van der Waals surface area contributed by atoms with E-state index in [1.165, 1.54) is 5.56 Å². The fourth-order valence-electron chi connectivity index (χ4n) is 3.66. The van der Waals surface area contributed by atoms with Crippen molar-refractivity contribution in [1.82, 2.24) is 16.0 Å². The largest absolute Gasteiger partial charge is 0.480 e. The second kappa shape index (κ2) is 20.3. The Bertz CT molecular complexity index is 773. The molecule has 0 aliphatic heterocycles. The normalized spacial score (nSPS) is 11.5. The summed E-state index contributed by atoms with van der Waals surface area (Å²) in [5.74, 6) is -0.939. The van der Waals surface area contributed by atoms with Crippen LogP contribution in [-0.4, -0.2) is 54.5 Å². The molecule has 9 heteroatoms. The smallest absolute Gasteiger partial charge is 0.320 e. The zero-order chi connectivity index (χ0) is 26.4. The van der Waals surface area contributed by atoms with E-state index in [1.807, 2.05) is 18.2 Å². The second-order valence-corrected chi connectivity index (χ2v) is 9.10. The molecule has 0 unspecified atom stereocenters. The molecule has 9 nitrogen and oxygen atoms in total. The van der Waals surface area contributed by atoms with Crippen LogP contribution >= 0.6 is 0 Å². The zero-order valence-electron chi connectivity index (χ0n) is 21.4. The molecule has 1 aromatic carbocycles. The lowest BCUT2D eigenvalue weighted by Gasteiger charge is -2.08. The summed E-state index contributed by atoms with van der Waals surface area (Å²) in [6, 6.07) is 9.30. The van der Waals surface area contributed by atoms with Gasteiger partial charge in [-0.25, -0.2) is 0 Å². The molecule has 1 rings (SSSR count). The van der Waals surface area contributed by atoms with Crippen LogP contribution in [0.4, 0.5) is 0 Å². The summed E-state index contributed by atoms with van der Waals surface area (Å²) < 4.78 is 0. The highest BCUT2D eigenvalue weighted by Crippen LogP contribution is 2.05. The number of hydrogen-bond acceptors (Lipinski definition) is 5. The third-order valence-corrected chi connectivity index (χ3v) is 5.85. The molecule has 202 valence electrons. The van der Waals surface area contributed by atoms with Crippen molar-refractivity contribution in [2.75, 3.05) is 19.6 Å². The third kappa shape index (κ3) is 17.5. The lowest BCUT2D eigenvalue weighted by Crippen LogP contribution is -2.30. The van der Waals surface area contributed by atoms with Gasteiger partial charge in [0.1, 0.15) is 6.04 Å².